The first-order valence-electron chi connectivity index (χ1n) is 4.75. The quantitative estimate of drug-likeness (QED) is 0.632. The highest BCUT2D eigenvalue weighted by atomic mass is 16.4. The molecule has 1 saturated heterocycles. The average molecular weight is 200 g/mol. The number of carboxylic acid groups (broad SMARTS) is 1. The fraction of sp³-hybridized carbons (Fsp3) is 0.778. The predicted molar refractivity (Wildman–Crippen MR) is 50.8 cm³/mol. The minimum Gasteiger partial charge on any atom is -0.481 e. The first-order valence-corrected chi connectivity index (χ1v) is 4.75. The highest BCUT2D eigenvalue weighted by Crippen LogP contribution is 2.08. The lowest BCUT2D eigenvalue weighted by molar-refractivity contribution is -0.142. The van der Waals surface area contributed by atoms with Gasteiger partial charge in [0.15, 0.2) is 0 Å². The van der Waals surface area contributed by atoms with Crippen molar-refractivity contribution in [3.63, 3.8) is 0 Å². The third kappa shape index (κ3) is 2.45. The summed E-state index contributed by atoms with van der Waals surface area (Å²) in [6, 6.07) is 0.0595. The summed E-state index contributed by atoms with van der Waals surface area (Å²) >= 11 is 0. The molecule has 0 aromatic heterocycles. The molecule has 0 aliphatic carbocycles. The van der Waals surface area contributed by atoms with Gasteiger partial charge in [0.05, 0.1) is 12.5 Å². The van der Waals surface area contributed by atoms with Crippen molar-refractivity contribution in [3.05, 3.63) is 0 Å². The van der Waals surface area contributed by atoms with Gasteiger partial charge in [-0.1, -0.05) is 0 Å². The zero-order valence-corrected chi connectivity index (χ0v) is 8.49. The Balaban J connectivity index is 2.72. The smallest absolute Gasteiger partial charge is 0.309 e. The van der Waals surface area contributed by atoms with Gasteiger partial charge in [-0.05, 0) is 13.8 Å². The summed E-state index contributed by atoms with van der Waals surface area (Å²) in [5, 5.41) is 11.7. The van der Waals surface area contributed by atoms with Crippen LogP contribution in [0.25, 0.3) is 0 Å². The maximum Gasteiger partial charge on any atom is 0.309 e. The van der Waals surface area contributed by atoms with Crippen LogP contribution in [-0.2, 0) is 9.59 Å². The molecule has 0 radical (unpaired) electrons. The van der Waals surface area contributed by atoms with Gasteiger partial charge in [0, 0.05) is 19.1 Å². The molecule has 1 unspecified atom stereocenters. The van der Waals surface area contributed by atoms with Crippen molar-refractivity contribution in [3.8, 4) is 0 Å². The normalized spacial score (nSPS) is 23.8. The Morgan fingerprint density at radius 2 is 2.29 bits per heavy atom. The summed E-state index contributed by atoms with van der Waals surface area (Å²) in [6.07, 6.45) is 0. The number of amides is 1. The number of carbonyl (C=O) groups excluding carboxylic acids is 1. The Labute approximate surface area is 83.1 Å². The summed E-state index contributed by atoms with van der Waals surface area (Å²) in [5.41, 5.74) is 0. The van der Waals surface area contributed by atoms with E-state index in [4.69, 9.17) is 5.11 Å². The van der Waals surface area contributed by atoms with Crippen molar-refractivity contribution in [2.75, 3.05) is 19.6 Å². The van der Waals surface area contributed by atoms with Gasteiger partial charge in [0.25, 0.3) is 0 Å². The van der Waals surface area contributed by atoms with Gasteiger partial charge in [-0.2, -0.15) is 0 Å². The van der Waals surface area contributed by atoms with Crippen LogP contribution in [0.2, 0.25) is 0 Å². The van der Waals surface area contributed by atoms with Crippen molar-refractivity contribution in [1.29, 1.82) is 0 Å². The zero-order chi connectivity index (χ0) is 10.7. The van der Waals surface area contributed by atoms with Crippen LogP contribution in [0.3, 0.4) is 0 Å². The molecule has 0 saturated carbocycles. The van der Waals surface area contributed by atoms with Crippen LogP contribution in [0.1, 0.15) is 13.8 Å². The van der Waals surface area contributed by atoms with Crippen LogP contribution in [0.4, 0.5) is 0 Å². The molecule has 14 heavy (non-hydrogen) atoms. The molecule has 0 aromatic carbocycles. The number of nitrogens with one attached hydrogen (secondary N) is 1. The summed E-state index contributed by atoms with van der Waals surface area (Å²) in [5.74, 6) is -1.37. The van der Waals surface area contributed by atoms with E-state index in [1.165, 1.54) is 0 Å². The van der Waals surface area contributed by atoms with Crippen molar-refractivity contribution < 1.29 is 14.7 Å². The monoisotopic (exact) mass is 200 g/mol. The van der Waals surface area contributed by atoms with Crippen LogP contribution in [0.5, 0.6) is 0 Å². The van der Waals surface area contributed by atoms with E-state index in [0.29, 0.717) is 13.1 Å². The Morgan fingerprint density at radius 1 is 1.64 bits per heavy atom. The Morgan fingerprint density at radius 3 is 2.79 bits per heavy atom. The number of aliphatic carboxylic acids is 1. The molecule has 0 bridgehead atoms. The molecule has 0 spiro atoms. The van der Waals surface area contributed by atoms with Gasteiger partial charge in [-0.3, -0.25) is 9.59 Å². The van der Waals surface area contributed by atoms with Gasteiger partial charge in [0.2, 0.25) is 5.91 Å². The molecule has 1 heterocycles. The molecule has 2 N–H and O–H groups in total. The fourth-order valence-electron chi connectivity index (χ4n) is 1.52. The van der Waals surface area contributed by atoms with Crippen molar-refractivity contribution in [1.82, 2.24) is 10.2 Å². The number of carbonyl (C=O) groups is 2. The van der Waals surface area contributed by atoms with E-state index in [0.717, 1.165) is 0 Å². The molecule has 80 valence electrons. The predicted octanol–water partition coefficient (Wildman–Crippen LogP) is -0.473. The van der Waals surface area contributed by atoms with E-state index >= 15 is 0 Å². The van der Waals surface area contributed by atoms with E-state index in [-0.39, 0.29) is 18.5 Å². The lowest BCUT2D eigenvalue weighted by atomic mass is 10.1. The number of nitrogens with zero attached hydrogens (tertiary/aromatic N) is 1. The molecule has 1 rings (SSSR count). The molecule has 1 aliphatic heterocycles. The standard InChI is InChI=1S/C9H16N2O3/c1-6(2)11-5-7(9(13)14)3-10-4-8(11)12/h6-7,10H,3-5H2,1-2H3,(H,13,14). The summed E-state index contributed by atoms with van der Waals surface area (Å²) in [4.78, 5) is 23.9. The lowest BCUT2D eigenvalue weighted by Crippen LogP contribution is -2.41. The van der Waals surface area contributed by atoms with Gasteiger partial charge in [0.1, 0.15) is 0 Å². The lowest BCUT2D eigenvalue weighted by Gasteiger charge is -2.26. The summed E-state index contributed by atoms with van der Waals surface area (Å²) in [7, 11) is 0. The first-order chi connectivity index (χ1) is 6.52. The molecule has 1 atom stereocenters. The molecule has 1 aliphatic rings. The molecule has 5 heteroatoms. The second kappa shape index (κ2) is 4.41. The molecule has 5 nitrogen and oxygen atoms in total. The topological polar surface area (TPSA) is 69.6 Å². The third-order valence-electron chi connectivity index (χ3n) is 2.38. The molecule has 1 amide bonds. The Kier molecular flexibility index (Phi) is 3.46. The maximum absolute atomic E-state index is 11.5. The highest BCUT2D eigenvalue weighted by Gasteiger charge is 2.28. The van der Waals surface area contributed by atoms with Crippen LogP contribution in [0, 0.1) is 5.92 Å². The minimum absolute atomic E-state index is 0.0243. The summed E-state index contributed by atoms with van der Waals surface area (Å²) in [6.45, 7) is 4.69. The van der Waals surface area contributed by atoms with Gasteiger partial charge in [-0.25, -0.2) is 0 Å². The SMILES string of the molecule is CC(C)N1CC(C(=O)O)CNCC1=O. The van der Waals surface area contributed by atoms with E-state index in [1.807, 2.05) is 13.8 Å². The minimum atomic E-state index is -0.849. The van der Waals surface area contributed by atoms with Crippen LogP contribution < -0.4 is 5.32 Å². The summed E-state index contributed by atoms with van der Waals surface area (Å²) < 4.78 is 0. The third-order valence-corrected chi connectivity index (χ3v) is 2.38. The van der Waals surface area contributed by atoms with Crippen molar-refractivity contribution >= 4 is 11.9 Å². The number of rotatable bonds is 2. The van der Waals surface area contributed by atoms with Crippen molar-refractivity contribution in [2.45, 2.75) is 19.9 Å². The fourth-order valence-corrected chi connectivity index (χ4v) is 1.52. The second-order valence-corrected chi connectivity index (χ2v) is 3.81. The Bertz CT molecular complexity index is 240. The van der Waals surface area contributed by atoms with Gasteiger partial charge >= 0.3 is 5.97 Å². The van der Waals surface area contributed by atoms with E-state index in [1.54, 1.807) is 4.90 Å². The van der Waals surface area contributed by atoms with Gasteiger partial charge < -0.3 is 15.3 Å². The van der Waals surface area contributed by atoms with E-state index in [9.17, 15) is 9.59 Å². The number of hydrogen-bond donors (Lipinski definition) is 2. The van der Waals surface area contributed by atoms with Crippen LogP contribution >= 0.6 is 0 Å². The van der Waals surface area contributed by atoms with Crippen molar-refractivity contribution in [2.24, 2.45) is 5.92 Å². The first kappa shape index (κ1) is 11.0. The molecular weight excluding hydrogens is 184 g/mol. The highest BCUT2D eigenvalue weighted by molar-refractivity contribution is 5.80. The van der Waals surface area contributed by atoms with Gasteiger partial charge in [-0.15, -0.1) is 0 Å². The van der Waals surface area contributed by atoms with Crippen LogP contribution in [0.15, 0.2) is 0 Å². The van der Waals surface area contributed by atoms with Crippen LogP contribution in [-0.4, -0.2) is 47.6 Å². The average Bonchev–Trinajstić information content (AvgIpc) is 2.26. The van der Waals surface area contributed by atoms with E-state index in [2.05, 4.69) is 5.32 Å². The second-order valence-electron chi connectivity index (χ2n) is 3.81. The molecular formula is C9H16N2O3. The van der Waals surface area contributed by atoms with E-state index < -0.39 is 11.9 Å². The number of hydrogen-bond acceptors (Lipinski definition) is 3. The molecule has 0 aromatic rings. The Hall–Kier alpha value is -1.10. The molecule has 1 fully saturated rings. The maximum atomic E-state index is 11.5. The largest absolute Gasteiger partial charge is 0.481 e. The number of carboxylic acids is 1. The zero-order valence-electron chi connectivity index (χ0n) is 8.49.